The van der Waals surface area contributed by atoms with Crippen LogP contribution in [0.4, 0.5) is 0 Å². The zero-order chi connectivity index (χ0) is 16.4. The molecule has 0 radical (unpaired) electrons. The predicted molar refractivity (Wildman–Crippen MR) is 94.7 cm³/mol. The molecule has 1 aromatic carbocycles. The van der Waals surface area contributed by atoms with Crippen molar-refractivity contribution in [1.82, 2.24) is 20.1 Å². The van der Waals surface area contributed by atoms with Crippen molar-refractivity contribution in [3.05, 3.63) is 54.0 Å². The minimum Gasteiger partial charge on any atom is -0.373 e. The van der Waals surface area contributed by atoms with E-state index >= 15 is 0 Å². The van der Waals surface area contributed by atoms with Crippen LogP contribution < -0.4 is 5.32 Å². The van der Waals surface area contributed by atoms with Gasteiger partial charge in [-0.2, -0.15) is 5.10 Å². The summed E-state index contributed by atoms with van der Waals surface area (Å²) in [5, 5.41) is 9.31. The van der Waals surface area contributed by atoms with E-state index < -0.39 is 0 Å². The maximum atomic E-state index is 5.97. The molecule has 0 aliphatic carbocycles. The van der Waals surface area contributed by atoms with Crippen molar-refractivity contribution in [2.45, 2.75) is 32.5 Å². The van der Waals surface area contributed by atoms with E-state index in [-0.39, 0.29) is 6.10 Å². The molecule has 126 valence electrons. The molecule has 3 aromatic rings. The minimum absolute atomic E-state index is 0.167. The van der Waals surface area contributed by atoms with E-state index in [1.165, 1.54) is 22.0 Å². The van der Waals surface area contributed by atoms with E-state index in [9.17, 15) is 0 Å². The van der Waals surface area contributed by atoms with E-state index in [0.29, 0.717) is 5.92 Å². The van der Waals surface area contributed by atoms with Gasteiger partial charge < -0.3 is 15.0 Å². The van der Waals surface area contributed by atoms with Crippen LogP contribution in [0, 0.1) is 5.92 Å². The first-order valence-electron chi connectivity index (χ1n) is 8.75. The van der Waals surface area contributed by atoms with E-state index in [4.69, 9.17) is 4.74 Å². The van der Waals surface area contributed by atoms with E-state index in [2.05, 4.69) is 52.8 Å². The van der Waals surface area contributed by atoms with Crippen molar-refractivity contribution in [3.63, 3.8) is 0 Å². The Kier molecular flexibility index (Phi) is 4.36. The van der Waals surface area contributed by atoms with Crippen LogP contribution >= 0.6 is 0 Å². The van der Waals surface area contributed by atoms with Crippen molar-refractivity contribution < 1.29 is 4.74 Å². The van der Waals surface area contributed by atoms with Crippen LogP contribution in [-0.4, -0.2) is 27.9 Å². The van der Waals surface area contributed by atoms with E-state index in [1.807, 2.05) is 17.1 Å². The van der Waals surface area contributed by atoms with Crippen LogP contribution in [0.15, 0.2) is 42.9 Å². The van der Waals surface area contributed by atoms with Crippen LogP contribution in [0.5, 0.6) is 0 Å². The Bertz CT molecular complexity index is 806. The van der Waals surface area contributed by atoms with Gasteiger partial charge in [0.15, 0.2) is 0 Å². The predicted octanol–water partition coefficient (Wildman–Crippen LogP) is 3.25. The number of nitrogens with one attached hydrogen (secondary N) is 2. The third kappa shape index (κ3) is 2.97. The molecule has 3 heterocycles. The Morgan fingerprint density at radius 3 is 3.21 bits per heavy atom. The number of ether oxygens (including phenoxy) is 1. The summed E-state index contributed by atoms with van der Waals surface area (Å²) in [5.41, 5.74) is 3.74. The zero-order valence-electron chi connectivity index (χ0n) is 14.0. The molecule has 2 aromatic heterocycles. The van der Waals surface area contributed by atoms with Crippen molar-refractivity contribution in [1.29, 1.82) is 0 Å². The quantitative estimate of drug-likeness (QED) is 0.732. The standard InChI is InChI=1S/C19H24N4O/c1-2-23-13-16(12-22-23)19-15(7-9-24-19)11-20-10-14-4-3-5-18-17(14)6-8-21-18/h3-6,8,12-13,15,19-21H,2,7,9-11H2,1H3. The average Bonchev–Trinajstić information content (AvgIpc) is 3.34. The second-order valence-electron chi connectivity index (χ2n) is 6.46. The number of benzene rings is 1. The maximum absolute atomic E-state index is 5.97. The first-order chi connectivity index (χ1) is 11.8. The Labute approximate surface area is 142 Å². The van der Waals surface area contributed by atoms with Gasteiger partial charge in [-0.3, -0.25) is 4.68 Å². The molecule has 2 unspecified atom stereocenters. The summed E-state index contributed by atoms with van der Waals surface area (Å²) in [6.07, 6.45) is 7.33. The highest BCUT2D eigenvalue weighted by Crippen LogP contribution is 2.34. The lowest BCUT2D eigenvalue weighted by Crippen LogP contribution is -2.24. The summed E-state index contributed by atoms with van der Waals surface area (Å²) >= 11 is 0. The molecule has 1 aliphatic heterocycles. The Balaban J connectivity index is 1.39. The second kappa shape index (κ2) is 6.79. The van der Waals surface area contributed by atoms with Crippen molar-refractivity contribution in [2.75, 3.05) is 13.2 Å². The molecule has 1 aliphatic rings. The summed E-state index contributed by atoms with van der Waals surface area (Å²) in [4.78, 5) is 3.27. The fourth-order valence-electron chi connectivity index (χ4n) is 3.61. The number of aryl methyl sites for hydroxylation is 1. The average molecular weight is 324 g/mol. The van der Waals surface area contributed by atoms with Gasteiger partial charge in [0.2, 0.25) is 0 Å². The highest BCUT2D eigenvalue weighted by atomic mass is 16.5. The monoisotopic (exact) mass is 324 g/mol. The molecule has 5 nitrogen and oxygen atoms in total. The van der Waals surface area contributed by atoms with Crippen molar-refractivity contribution in [3.8, 4) is 0 Å². The molecule has 0 bridgehead atoms. The topological polar surface area (TPSA) is 54.9 Å². The molecular weight excluding hydrogens is 300 g/mol. The lowest BCUT2D eigenvalue weighted by molar-refractivity contribution is 0.0904. The second-order valence-corrected chi connectivity index (χ2v) is 6.46. The first-order valence-corrected chi connectivity index (χ1v) is 8.75. The number of rotatable bonds is 6. The van der Waals surface area contributed by atoms with E-state index in [1.54, 1.807) is 0 Å². The molecule has 1 saturated heterocycles. The molecule has 5 heteroatoms. The van der Waals surface area contributed by atoms with Crippen LogP contribution in [-0.2, 0) is 17.8 Å². The molecule has 0 amide bonds. The van der Waals surface area contributed by atoms with Crippen LogP contribution in [0.1, 0.15) is 30.6 Å². The summed E-state index contributed by atoms with van der Waals surface area (Å²) in [6.45, 7) is 5.68. The smallest absolute Gasteiger partial charge is 0.0896 e. The van der Waals surface area contributed by atoms with Crippen molar-refractivity contribution in [2.24, 2.45) is 5.92 Å². The third-order valence-electron chi connectivity index (χ3n) is 4.93. The van der Waals surface area contributed by atoms with Gasteiger partial charge in [-0.15, -0.1) is 0 Å². The fourth-order valence-corrected chi connectivity index (χ4v) is 3.61. The van der Waals surface area contributed by atoms with Gasteiger partial charge in [0.05, 0.1) is 12.3 Å². The van der Waals surface area contributed by atoms with Gasteiger partial charge in [0, 0.05) is 61.0 Å². The molecule has 0 saturated carbocycles. The van der Waals surface area contributed by atoms with Gasteiger partial charge in [0.1, 0.15) is 0 Å². The Morgan fingerprint density at radius 1 is 1.38 bits per heavy atom. The maximum Gasteiger partial charge on any atom is 0.0896 e. The number of fused-ring (bicyclic) bond motifs is 1. The summed E-state index contributed by atoms with van der Waals surface area (Å²) in [7, 11) is 0. The first kappa shape index (κ1) is 15.4. The number of aromatic nitrogens is 3. The molecule has 2 atom stereocenters. The minimum atomic E-state index is 0.167. The number of aromatic amines is 1. The van der Waals surface area contributed by atoms with Gasteiger partial charge in [-0.1, -0.05) is 12.1 Å². The van der Waals surface area contributed by atoms with E-state index in [0.717, 1.165) is 32.7 Å². The highest BCUT2D eigenvalue weighted by Gasteiger charge is 2.30. The fraction of sp³-hybridized carbons (Fsp3) is 0.421. The highest BCUT2D eigenvalue weighted by molar-refractivity contribution is 5.82. The van der Waals surface area contributed by atoms with Crippen LogP contribution in [0.2, 0.25) is 0 Å². The van der Waals surface area contributed by atoms with Gasteiger partial charge >= 0.3 is 0 Å². The van der Waals surface area contributed by atoms with Crippen LogP contribution in [0.25, 0.3) is 10.9 Å². The largest absolute Gasteiger partial charge is 0.373 e. The number of hydrogen-bond acceptors (Lipinski definition) is 3. The van der Waals surface area contributed by atoms with Crippen LogP contribution in [0.3, 0.4) is 0 Å². The Hall–Kier alpha value is -2.11. The molecule has 2 N–H and O–H groups in total. The molecule has 24 heavy (non-hydrogen) atoms. The third-order valence-corrected chi connectivity index (χ3v) is 4.93. The molecule has 0 spiro atoms. The normalized spacial score (nSPS) is 20.9. The molecule has 1 fully saturated rings. The van der Waals surface area contributed by atoms with Gasteiger partial charge in [-0.05, 0) is 31.0 Å². The number of H-pyrrole nitrogens is 1. The summed E-state index contributed by atoms with van der Waals surface area (Å²) in [5.74, 6) is 0.505. The lowest BCUT2D eigenvalue weighted by Gasteiger charge is -2.18. The molecular formula is C19H24N4O. The Morgan fingerprint density at radius 2 is 2.33 bits per heavy atom. The number of nitrogens with zero attached hydrogens (tertiary/aromatic N) is 2. The van der Waals surface area contributed by atoms with Gasteiger partial charge in [0.25, 0.3) is 0 Å². The SMILES string of the molecule is CCn1cc(C2OCCC2CNCc2cccc3[nH]ccc23)cn1. The number of hydrogen-bond donors (Lipinski definition) is 2. The van der Waals surface area contributed by atoms with Crippen molar-refractivity contribution >= 4 is 10.9 Å². The lowest BCUT2D eigenvalue weighted by atomic mass is 9.97. The molecule has 4 rings (SSSR count). The zero-order valence-corrected chi connectivity index (χ0v) is 14.0. The summed E-state index contributed by atoms with van der Waals surface area (Å²) in [6, 6.07) is 8.56. The summed E-state index contributed by atoms with van der Waals surface area (Å²) < 4.78 is 7.94. The van der Waals surface area contributed by atoms with Gasteiger partial charge in [-0.25, -0.2) is 0 Å².